The van der Waals surface area contributed by atoms with Crippen LogP contribution in [0, 0.1) is 0 Å². The molecule has 0 saturated carbocycles. The van der Waals surface area contributed by atoms with Crippen molar-refractivity contribution >= 4 is 54.4 Å². The summed E-state index contributed by atoms with van der Waals surface area (Å²) in [6.07, 6.45) is 0. The van der Waals surface area contributed by atoms with Crippen molar-refractivity contribution in [3.63, 3.8) is 0 Å². The molecule has 0 N–H and O–H groups in total. The van der Waals surface area contributed by atoms with Crippen molar-refractivity contribution < 1.29 is 4.42 Å². The van der Waals surface area contributed by atoms with Crippen molar-refractivity contribution in [1.29, 1.82) is 0 Å². The lowest BCUT2D eigenvalue weighted by atomic mass is 9.91. The van der Waals surface area contributed by atoms with Crippen LogP contribution in [0.1, 0.15) is 0 Å². The Balaban J connectivity index is 1.11. The van der Waals surface area contributed by atoms with Crippen molar-refractivity contribution in [2.24, 2.45) is 0 Å². The van der Waals surface area contributed by atoms with E-state index in [4.69, 9.17) is 14.4 Å². The first-order chi connectivity index (χ1) is 24.3. The predicted octanol–water partition coefficient (Wildman–Crippen LogP) is 12.5. The molecule has 2 aromatic heterocycles. The Morgan fingerprint density at radius 3 is 1.49 bits per heavy atom. The summed E-state index contributed by atoms with van der Waals surface area (Å²) in [5.41, 5.74) is 9.68. The van der Waals surface area contributed by atoms with E-state index in [1.54, 1.807) is 0 Å². The molecule has 2 heterocycles. The van der Waals surface area contributed by atoms with Gasteiger partial charge in [-0.3, -0.25) is 0 Å². The van der Waals surface area contributed by atoms with Gasteiger partial charge in [-0.25, -0.2) is 9.97 Å². The maximum absolute atomic E-state index is 6.42. The second-order valence-electron chi connectivity index (χ2n) is 12.6. The number of rotatable bonds is 4. The lowest BCUT2D eigenvalue weighted by Crippen LogP contribution is -1.94. The van der Waals surface area contributed by atoms with Crippen LogP contribution in [0.15, 0.2) is 174 Å². The van der Waals surface area contributed by atoms with E-state index in [-0.39, 0.29) is 0 Å². The molecule has 0 aliphatic carbocycles. The van der Waals surface area contributed by atoms with Crippen LogP contribution < -0.4 is 0 Å². The van der Waals surface area contributed by atoms with Gasteiger partial charge in [0, 0.05) is 16.5 Å². The van der Waals surface area contributed by atoms with Crippen LogP contribution in [0.25, 0.3) is 99.3 Å². The number of furan rings is 1. The van der Waals surface area contributed by atoms with Crippen molar-refractivity contribution in [3.8, 4) is 44.9 Å². The highest BCUT2D eigenvalue weighted by molar-refractivity contribution is 6.25. The molecule has 8 aromatic carbocycles. The third kappa shape index (κ3) is 4.51. The van der Waals surface area contributed by atoms with Crippen LogP contribution in [0.3, 0.4) is 0 Å². The first-order valence-corrected chi connectivity index (χ1v) is 16.6. The van der Waals surface area contributed by atoms with Gasteiger partial charge in [0.05, 0.1) is 0 Å². The summed E-state index contributed by atoms with van der Waals surface area (Å²) < 4.78 is 6.42. The number of para-hydroxylation sites is 1. The number of hydrogen-bond donors (Lipinski definition) is 0. The Morgan fingerprint density at radius 1 is 0.327 bits per heavy atom. The van der Waals surface area contributed by atoms with E-state index in [2.05, 4.69) is 121 Å². The van der Waals surface area contributed by atoms with Gasteiger partial charge in [0.25, 0.3) is 0 Å². The molecule has 0 bridgehead atoms. The molecule has 0 aliphatic rings. The van der Waals surface area contributed by atoms with E-state index in [0.717, 1.165) is 44.4 Å². The van der Waals surface area contributed by atoms with Gasteiger partial charge in [-0.15, -0.1) is 0 Å². The second kappa shape index (κ2) is 11.0. The highest BCUT2D eigenvalue weighted by atomic mass is 16.3. The maximum Gasteiger partial charge on any atom is 0.180 e. The minimum absolute atomic E-state index is 0.679. The molecule has 0 amide bonds. The van der Waals surface area contributed by atoms with Gasteiger partial charge in [0.1, 0.15) is 16.8 Å². The zero-order chi connectivity index (χ0) is 32.3. The third-order valence-corrected chi connectivity index (χ3v) is 9.66. The quantitative estimate of drug-likeness (QED) is 0.183. The number of benzene rings is 8. The van der Waals surface area contributed by atoms with Crippen LogP contribution in [0.5, 0.6) is 0 Å². The van der Waals surface area contributed by atoms with E-state index in [9.17, 15) is 0 Å². The van der Waals surface area contributed by atoms with E-state index in [0.29, 0.717) is 11.4 Å². The van der Waals surface area contributed by atoms with Gasteiger partial charge < -0.3 is 4.42 Å². The Hall–Kier alpha value is -6.58. The van der Waals surface area contributed by atoms with Crippen LogP contribution in [-0.4, -0.2) is 9.97 Å². The molecule has 0 unspecified atom stereocenters. The summed E-state index contributed by atoms with van der Waals surface area (Å²) >= 11 is 0. The smallest absolute Gasteiger partial charge is 0.180 e. The van der Waals surface area contributed by atoms with E-state index in [1.165, 1.54) is 43.4 Å². The monoisotopic (exact) mass is 624 g/mol. The van der Waals surface area contributed by atoms with Gasteiger partial charge in [0.15, 0.2) is 11.4 Å². The fourth-order valence-corrected chi connectivity index (χ4v) is 7.31. The van der Waals surface area contributed by atoms with E-state index in [1.807, 2.05) is 48.5 Å². The summed E-state index contributed by atoms with van der Waals surface area (Å²) in [5, 5.41) is 8.67. The predicted molar refractivity (Wildman–Crippen MR) is 204 cm³/mol. The zero-order valence-corrected chi connectivity index (χ0v) is 26.5. The van der Waals surface area contributed by atoms with Crippen molar-refractivity contribution in [3.05, 3.63) is 170 Å². The Bertz CT molecular complexity index is 2850. The number of nitrogens with zero attached hydrogens (tertiary/aromatic N) is 2. The van der Waals surface area contributed by atoms with Gasteiger partial charge in [-0.2, -0.15) is 0 Å². The average molecular weight is 625 g/mol. The van der Waals surface area contributed by atoms with Crippen LogP contribution in [-0.2, 0) is 0 Å². The highest BCUT2D eigenvalue weighted by Gasteiger charge is 2.18. The topological polar surface area (TPSA) is 38.9 Å². The molecule has 0 fully saturated rings. The second-order valence-corrected chi connectivity index (χ2v) is 12.6. The Morgan fingerprint density at radius 2 is 0.816 bits per heavy atom. The Kier molecular flexibility index (Phi) is 6.18. The average Bonchev–Trinajstić information content (AvgIpc) is 3.57. The molecule has 228 valence electrons. The van der Waals surface area contributed by atoms with Crippen molar-refractivity contribution in [1.82, 2.24) is 9.97 Å². The fourth-order valence-electron chi connectivity index (χ4n) is 7.31. The van der Waals surface area contributed by atoms with Crippen molar-refractivity contribution in [2.45, 2.75) is 0 Å². The summed E-state index contributed by atoms with van der Waals surface area (Å²) in [5.74, 6) is 0.679. The molecular weight excluding hydrogens is 597 g/mol. The van der Waals surface area contributed by atoms with Crippen LogP contribution in [0.4, 0.5) is 0 Å². The summed E-state index contributed by atoms with van der Waals surface area (Å²) in [6.45, 7) is 0. The normalized spacial score (nSPS) is 11.7. The molecule has 3 nitrogen and oxygen atoms in total. The SMILES string of the molecule is c1ccc(-c2nc(-c3cccc(-c4cccc(-c5ccc6c7ccccc7c7ccccc7c6c5)c4)c3)c3oc4ccccc4c3n2)cc1. The molecule has 49 heavy (non-hydrogen) atoms. The van der Waals surface area contributed by atoms with E-state index < -0.39 is 0 Å². The molecular formula is C46H28N2O. The van der Waals surface area contributed by atoms with Gasteiger partial charge in [-0.05, 0) is 84.9 Å². The van der Waals surface area contributed by atoms with Gasteiger partial charge >= 0.3 is 0 Å². The minimum atomic E-state index is 0.679. The number of fused-ring (bicyclic) bond motifs is 9. The molecule has 0 aliphatic heterocycles. The first-order valence-electron chi connectivity index (χ1n) is 16.6. The summed E-state index contributed by atoms with van der Waals surface area (Å²) in [7, 11) is 0. The van der Waals surface area contributed by atoms with Gasteiger partial charge in [0.2, 0.25) is 0 Å². The first kappa shape index (κ1) is 27.5. The maximum atomic E-state index is 6.42. The van der Waals surface area contributed by atoms with Crippen LogP contribution >= 0.6 is 0 Å². The molecule has 0 atom stereocenters. The zero-order valence-electron chi connectivity index (χ0n) is 26.5. The number of aromatic nitrogens is 2. The lowest BCUT2D eigenvalue weighted by molar-refractivity contribution is 0.667. The molecule has 3 heteroatoms. The van der Waals surface area contributed by atoms with Crippen molar-refractivity contribution in [2.75, 3.05) is 0 Å². The molecule has 0 saturated heterocycles. The molecule has 0 radical (unpaired) electrons. The van der Waals surface area contributed by atoms with Crippen LogP contribution in [0.2, 0.25) is 0 Å². The molecule has 0 spiro atoms. The number of hydrogen-bond acceptors (Lipinski definition) is 3. The third-order valence-electron chi connectivity index (χ3n) is 9.66. The largest absolute Gasteiger partial charge is 0.452 e. The highest BCUT2D eigenvalue weighted by Crippen LogP contribution is 2.39. The summed E-state index contributed by atoms with van der Waals surface area (Å²) in [4.78, 5) is 10.1. The standard InChI is InChI=1S/C46H28N2O/c1-2-12-29(13-3-1)46-47-43(45-44(48-46)40-22-8-9-23-42(40)49-45)34-17-11-16-32(27-34)30-14-10-15-31(26-30)33-24-25-39-37-20-5-4-18-35(37)36-19-6-7-21-38(36)41(39)28-33/h1-28H. The molecule has 10 aromatic rings. The minimum Gasteiger partial charge on any atom is -0.452 e. The molecule has 10 rings (SSSR count). The lowest BCUT2D eigenvalue weighted by Gasteiger charge is -2.13. The van der Waals surface area contributed by atoms with E-state index >= 15 is 0 Å². The Labute approximate surface area is 282 Å². The summed E-state index contributed by atoms with van der Waals surface area (Å²) in [6, 6.07) is 60.0. The fraction of sp³-hybridized carbons (Fsp3) is 0. The van der Waals surface area contributed by atoms with Gasteiger partial charge in [-0.1, -0.05) is 140 Å².